The first-order chi connectivity index (χ1) is 9.25. The number of hydrogen-bond acceptors (Lipinski definition) is 4. The fourth-order valence-electron chi connectivity index (χ4n) is 1.94. The van der Waals surface area contributed by atoms with E-state index in [0.29, 0.717) is 0 Å². The Balaban J connectivity index is 2.27. The van der Waals surface area contributed by atoms with Crippen molar-refractivity contribution in [3.63, 3.8) is 0 Å². The highest BCUT2D eigenvalue weighted by Crippen LogP contribution is 2.30. The van der Waals surface area contributed by atoms with Gasteiger partial charge in [-0.3, -0.25) is 4.79 Å². The summed E-state index contributed by atoms with van der Waals surface area (Å²) < 4.78 is 31.9. The second-order valence-corrected chi connectivity index (χ2v) is 7.02. The normalized spacial score (nSPS) is 26.6. The monoisotopic (exact) mass is 319 g/mol. The molecule has 0 amide bonds. The molecule has 2 unspecified atom stereocenters. The van der Waals surface area contributed by atoms with Gasteiger partial charge in [-0.2, -0.15) is 0 Å². The maximum absolute atomic E-state index is 12.2. The number of rotatable bonds is 4. The van der Waals surface area contributed by atoms with Crippen LogP contribution >= 0.6 is 11.6 Å². The summed E-state index contributed by atoms with van der Waals surface area (Å²) in [6, 6.07) is 4.93. The van der Waals surface area contributed by atoms with Gasteiger partial charge in [-0.1, -0.05) is 17.7 Å². The van der Waals surface area contributed by atoms with Gasteiger partial charge in [0.2, 0.25) is 10.0 Å². The predicted molar refractivity (Wildman–Crippen MR) is 72.1 cm³/mol. The molecule has 2 rings (SSSR count). The number of carboxylic acids is 1. The number of aliphatic carboxylic acids is 1. The zero-order valence-electron chi connectivity index (χ0n) is 10.7. The van der Waals surface area contributed by atoms with Crippen molar-refractivity contribution in [2.75, 3.05) is 13.2 Å². The summed E-state index contributed by atoms with van der Waals surface area (Å²) in [6.45, 7) is 1.43. The number of carbonyl (C=O) groups is 1. The van der Waals surface area contributed by atoms with Gasteiger partial charge in [-0.05, 0) is 25.1 Å². The molecule has 0 radical (unpaired) electrons. The van der Waals surface area contributed by atoms with E-state index < -0.39 is 27.4 Å². The lowest BCUT2D eigenvalue weighted by molar-refractivity contribution is -0.148. The SMILES string of the molecule is CC1(C(=O)O)COCC1NS(=O)(=O)c1cccc(Cl)c1. The Morgan fingerprint density at radius 3 is 2.85 bits per heavy atom. The van der Waals surface area contributed by atoms with Crippen molar-refractivity contribution in [3.05, 3.63) is 29.3 Å². The molecule has 1 aliphatic heterocycles. The summed E-state index contributed by atoms with van der Waals surface area (Å²) in [5.41, 5.74) is -1.29. The first-order valence-corrected chi connectivity index (χ1v) is 7.71. The molecule has 2 atom stereocenters. The molecule has 1 fully saturated rings. The molecule has 2 N–H and O–H groups in total. The predicted octanol–water partition coefficient (Wildman–Crippen LogP) is 1.11. The summed E-state index contributed by atoms with van der Waals surface area (Å²) in [4.78, 5) is 11.3. The average molecular weight is 320 g/mol. The fourth-order valence-corrected chi connectivity index (χ4v) is 3.57. The van der Waals surface area contributed by atoms with Gasteiger partial charge in [-0.15, -0.1) is 0 Å². The first-order valence-electron chi connectivity index (χ1n) is 5.85. The van der Waals surface area contributed by atoms with Crippen LogP contribution in [0.4, 0.5) is 0 Å². The molecule has 110 valence electrons. The Bertz CT molecular complexity index is 632. The molecule has 0 saturated carbocycles. The third kappa shape index (κ3) is 2.80. The van der Waals surface area contributed by atoms with E-state index in [-0.39, 0.29) is 23.1 Å². The first kappa shape index (κ1) is 15.2. The summed E-state index contributed by atoms with van der Waals surface area (Å²) >= 11 is 5.76. The molecule has 1 heterocycles. The second kappa shape index (κ2) is 5.33. The molecular formula is C12H14ClNO5S. The van der Waals surface area contributed by atoms with Crippen molar-refractivity contribution in [2.45, 2.75) is 17.9 Å². The van der Waals surface area contributed by atoms with E-state index in [2.05, 4.69) is 4.72 Å². The van der Waals surface area contributed by atoms with Gasteiger partial charge >= 0.3 is 5.97 Å². The zero-order chi connectivity index (χ0) is 15.0. The Kier molecular flexibility index (Phi) is 4.06. The van der Waals surface area contributed by atoms with E-state index in [1.807, 2.05) is 0 Å². The minimum atomic E-state index is -3.85. The van der Waals surface area contributed by atoms with Gasteiger partial charge in [-0.25, -0.2) is 13.1 Å². The van der Waals surface area contributed by atoms with Crippen LogP contribution in [0.15, 0.2) is 29.2 Å². The highest BCUT2D eigenvalue weighted by atomic mass is 35.5. The highest BCUT2D eigenvalue weighted by Gasteiger charge is 2.48. The molecule has 1 aliphatic rings. The maximum atomic E-state index is 12.2. The third-order valence-corrected chi connectivity index (χ3v) is 5.05. The van der Waals surface area contributed by atoms with Gasteiger partial charge in [0.25, 0.3) is 0 Å². The van der Waals surface area contributed by atoms with E-state index in [1.54, 1.807) is 6.07 Å². The Morgan fingerprint density at radius 1 is 1.55 bits per heavy atom. The number of benzene rings is 1. The zero-order valence-corrected chi connectivity index (χ0v) is 12.2. The summed E-state index contributed by atoms with van der Waals surface area (Å²) in [6.07, 6.45) is 0. The number of hydrogen-bond donors (Lipinski definition) is 2. The van der Waals surface area contributed by atoms with Crippen LogP contribution in [0.25, 0.3) is 0 Å². The molecule has 6 nitrogen and oxygen atoms in total. The maximum Gasteiger partial charge on any atom is 0.313 e. The van der Waals surface area contributed by atoms with Crippen LogP contribution in [-0.2, 0) is 19.6 Å². The fraction of sp³-hybridized carbons (Fsp3) is 0.417. The minimum Gasteiger partial charge on any atom is -0.481 e. The van der Waals surface area contributed by atoms with Crippen LogP contribution in [0.1, 0.15) is 6.92 Å². The van der Waals surface area contributed by atoms with Gasteiger partial charge in [0.15, 0.2) is 0 Å². The van der Waals surface area contributed by atoms with E-state index in [4.69, 9.17) is 16.3 Å². The van der Waals surface area contributed by atoms with Crippen LogP contribution in [0, 0.1) is 5.41 Å². The molecule has 0 spiro atoms. The Labute approximate surface area is 121 Å². The largest absolute Gasteiger partial charge is 0.481 e. The molecule has 0 aromatic heterocycles. The summed E-state index contributed by atoms with van der Waals surface area (Å²) in [5, 5.41) is 9.51. The van der Waals surface area contributed by atoms with Crippen molar-refractivity contribution in [1.82, 2.24) is 4.72 Å². The Morgan fingerprint density at radius 2 is 2.25 bits per heavy atom. The number of halogens is 1. The quantitative estimate of drug-likeness (QED) is 0.867. The van der Waals surface area contributed by atoms with Gasteiger partial charge in [0, 0.05) is 5.02 Å². The molecular weight excluding hydrogens is 306 g/mol. The van der Waals surface area contributed by atoms with Crippen LogP contribution in [0.3, 0.4) is 0 Å². The molecule has 8 heteroatoms. The van der Waals surface area contributed by atoms with E-state index in [1.165, 1.54) is 25.1 Å². The number of nitrogens with one attached hydrogen (secondary N) is 1. The second-order valence-electron chi connectivity index (χ2n) is 4.87. The number of sulfonamides is 1. The van der Waals surface area contributed by atoms with Crippen molar-refractivity contribution < 1.29 is 23.1 Å². The lowest BCUT2D eigenvalue weighted by Crippen LogP contribution is -2.49. The van der Waals surface area contributed by atoms with E-state index >= 15 is 0 Å². The van der Waals surface area contributed by atoms with Crippen LogP contribution < -0.4 is 4.72 Å². The molecule has 1 saturated heterocycles. The van der Waals surface area contributed by atoms with Crippen LogP contribution in [0.5, 0.6) is 0 Å². The molecule has 1 aromatic rings. The average Bonchev–Trinajstić information content (AvgIpc) is 2.72. The van der Waals surface area contributed by atoms with E-state index in [0.717, 1.165) is 0 Å². The molecule has 1 aromatic carbocycles. The van der Waals surface area contributed by atoms with Crippen molar-refractivity contribution in [1.29, 1.82) is 0 Å². The van der Waals surface area contributed by atoms with E-state index in [9.17, 15) is 18.3 Å². The summed E-state index contributed by atoms with van der Waals surface area (Å²) in [7, 11) is -3.85. The van der Waals surface area contributed by atoms with Crippen molar-refractivity contribution in [2.24, 2.45) is 5.41 Å². The van der Waals surface area contributed by atoms with Gasteiger partial charge in [0.05, 0.1) is 24.2 Å². The number of ether oxygens (including phenoxy) is 1. The topological polar surface area (TPSA) is 92.7 Å². The van der Waals surface area contributed by atoms with Gasteiger partial charge in [0.1, 0.15) is 5.41 Å². The molecule has 0 aliphatic carbocycles. The Hall–Kier alpha value is -1.15. The minimum absolute atomic E-state index is 0.00959. The van der Waals surface area contributed by atoms with Crippen LogP contribution in [-0.4, -0.2) is 38.7 Å². The van der Waals surface area contributed by atoms with Crippen molar-refractivity contribution in [3.8, 4) is 0 Å². The smallest absolute Gasteiger partial charge is 0.313 e. The lowest BCUT2D eigenvalue weighted by atomic mass is 9.86. The van der Waals surface area contributed by atoms with Crippen molar-refractivity contribution >= 4 is 27.6 Å². The van der Waals surface area contributed by atoms with Gasteiger partial charge < -0.3 is 9.84 Å². The third-order valence-electron chi connectivity index (χ3n) is 3.35. The summed E-state index contributed by atoms with van der Waals surface area (Å²) in [5.74, 6) is -1.10. The standard InChI is InChI=1S/C12H14ClNO5S/c1-12(11(15)16)7-19-6-10(12)14-20(17,18)9-4-2-3-8(13)5-9/h2-5,10,14H,6-7H2,1H3,(H,15,16). The molecule has 0 bridgehead atoms. The highest BCUT2D eigenvalue weighted by molar-refractivity contribution is 7.89. The number of carboxylic acid groups (broad SMARTS) is 1. The lowest BCUT2D eigenvalue weighted by Gasteiger charge is -2.25. The molecule has 20 heavy (non-hydrogen) atoms. The van der Waals surface area contributed by atoms with Crippen LogP contribution in [0.2, 0.25) is 5.02 Å².